The van der Waals surface area contributed by atoms with Crippen LogP contribution in [-0.4, -0.2) is 59.3 Å². The number of aliphatic carboxylic acids is 1. The zero-order valence-corrected chi connectivity index (χ0v) is 20.6. The predicted molar refractivity (Wildman–Crippen MR) is 128 cm³/mol. The highest BCUT2D eigenvalue weighted by Crippen LogP contribution is 2.27. The molecular weight excluding hydrogens is 406 g/mol. The summed E-state index contributed by atoms with van der Waals surface area (Å²) in [6.07, 6.45) is 21.3. The van der Waals surface area contributed by atoms with Gasteiger partial charge in [0.1, 0.15) is 6.10 Å². The zero-order valence-electron chi connectivity index (χ0n) is 20.6. The third-order valence-electron chi connectivity index (χ3n) is 7.06. The molecule has 4 rings (SSSR count). The van der Waals surface area contributed by atoms with Crippen LogP contribution in [0.3, 0.4) is 0 Å². The second-order valence-electron chi connectivity index (χ2n) is 9.95. The molecule has 0 aromatic rings. The minimum atomic E-state index is -0.818. The van der Waals surface area contributed by atoms with Gasteiger partial charge in [0.15, 0.2) is 6.10 Å². The van der Waals surface area contributed by atoms with Gasteiger partial charge < -0.3 is 25.0 Å². The number of nitrogens with one attached hydrogen (secondary N) is 1. The van der Waals surface area contributed by atoms with E-state index in [1.54, 1.807) is 0 Å². The summed E-state index contributed by atoms with van der Waals surface area (Å²) in [7, 11) is 0. The summed E-state index contributed by atoms with van der Waals surface area (Å²) in [4.78, 5) is 10.2. The van der Waals surface area contributed by atoms with E-state index in [4.69, 9.17) is 19.7 Å². The summed E-state index contributed by atoms with van der Waals surface area (Å²) in [6, 6.07) is 1.74. The van der Waals surface area contributed by atoms with Crippen molar-refractivity contribution in [1.82, 2.24) is 5.32 Å². The molecule has 4 aliphatic rings. The van der Waals surface area contributed by atoms with Gasteiger partial charge in [-0.2, -0.15) is 0 Å². The number of hydrogen-bond acceptors (Lipinski definition) is 5. The Hall–Kier alpha value is -0.690. The summed E-state index contributed by atoms with van der Waals surface area (Å²) in [6.45, 7) is 4.45. The molecule has 188 valence electrons. The minimum absolute atomic E-state index is 0.0115. The fourth-order valence-corrected chi connectivity index (χ4v) is 4.86. The summed E-state index contributed by atoms with van der Waals surface area (Å²) in [5.74, 6) is -0.818. The van der Waals surface area contributed by atoms with Crippen molar-refractivity contribution in [3.63, 3.8) is 0 Å². The van der Waals surface area contributed by atoms with E-state index in [9.17, 15) is 4.79 Å². The normalized spacial score (nSPS) is 29.8. The largest absolute Gasteiger partial charge is 0.479 e. The SMILES string of the molecule is C1CCC(NC2CCCCC2)CC1.CCCC[C@H]1O[C@@H]1CO.CCCC[C@H]1O[C@H]1C(=O)O. The van der Waals surface area contributed by atoms with Gasteiger partial charge in [-0.1, -0.05) is 78.1 Å². The molecule has 0 spiro atoms. The molecule has 0 unspecified atom stereocenters. The average molecular weight is 456 g/mol. The van der Waals surface area contributed by atoms with Gasteiger partial charge in [-0.3, -0.25) is 0 Å². The third kappa shape index (κ3) is 11.4. The van der Waals surface area contributed by atoms with E-state index in [0.717, 1.165) is 37.8 Å². The lowest BCUT2D eigenvalue weighted by atomic mass is 9.91. The maximum Gasteiger partial charge on any atom is 0.335 e. The van der Waals surface area contributed by atoms with Crippen LogP contribution < -0.4 is 5.32 Å². The highest BCUT2D eigenvalue weighted by atomic mass is 16.6. The van der Waals surface area contributed by atoms with Crippen LogP contribution in [0, 0.1) is 0 Å². The molecule has 4 atom stereocenters. The van der Waals surface area contributed by atoms with E-state index >= 15 is 0 Å². The van der Waals surface area contributed by atoms with Crippen LogP contribution in [0.2, 0.25) is 0 Å². The predicted octanol–water partition coefficient (Wildman–Crippen LogP) is 5.21. The number of carbonyl (C=O) groups is 1. The molecule has 6 nitrogen and oxygen atoms in total. The number of epoxide rings is 2. The summed E-state index contributed by atoms with van der Waals surface area (Å²) < 4.78 is 10.00. The maximum atomic E-state index is 10.2. The van der Waals surface area contributed by atoms with E-state index in [1.807, 2.05) is 0 Å². The second kappa shape index (κ2) is 16.0. The number of carboxylic acid groups (broad SMARTS) is 1. The Kier molecular flexibility index (Phi) is 13.8. The van der Waals surface area contributed by atoms with E-state index in [2.05, 4.69) is 19.2 Å². The first-order valence-corrected chi connectivity index (χ1v) is 13.5. The Labute approximate surface area is 195 Å². The lowest BCUT2D eigenvalue weighted by molar-refractivity contribution is -0.138. The van der Waals surface area contributed by atoms with Gasteiger partial charge >= 0.3 is 5.97 Å². The van der Waals surface area contributed by atoms with E-state index in [0.29, 0.717) is 6.10 Å². The monoisotopic (exact) mass is 455 g/mol. The molecular formula is C26H49NO5. The van der Waals surface area contributed by atoms with Gasteiger partial charge in [-0.25, -0.2) is 4.79 Å². The number of unbranched alkanes of at least 4 members (excludes halogenated alkanes) is 2. The number of ether oxygens (including phenoxy) is 2. The summed E-state index contributed by atoms with van der Waals surface area (Å²) in [5, 5.41) is 20.8. The van der Waals surface area contributed by atoms with E-state index < -0.39 is 12.1 Å². The fraction of sp³-hybridized carbons (Fsp3) is 0.962. The van der Waals surface area contributed by atoms with Crippen molar-refractivity contribution in [3.05, 3.63) is 0 Å². The maximum absolute atomic E-state index is 10.2. The van der Waals surface area contributed by atoms with Crippen molar-refractivity contribution in [3.8, 4) is 0 Å². The summed E-state index contributed by atoms with van der Waals surface area (Å²) >= 11 is 0. The van der Waals surface area contributed by atoms with Gasteiger partial charge in [0, 0.05) is 12.1 Å². The number of hydrogen-bond donors (Lipinski definition) is 3. The molecule has 3 N–H and O–H groups in total. The molecule has 2 saturated carbocycles. The van der Waals surface area contributed by atoms with Crippen LogP contribution in [0.4, 0.5) is 0 Å². The molecule has 2 aliphatic carbocycles. The Morgan fingerprint density at radius 1 is 0.781 bits per heavy atom. The Balaban J connectivity index is 0.000000174. The number of aliphatic hydroxyl groups excluding tert-OH is 1. The smallest absolute Gasteiger partial charge is 0.335 e. The van der Waals surface area contributed by atoms with Crippen molar-refractivity contribution in [1.29, 1.82) is 0 Å². The van der Waals surface area contributed by atoms with Gasteiger partial charge in [0.05, 0.1) is 18.8 Å². The van der Waals surface area contributed by atoms with Crippen LogP contribution in [0.5, 0.6) is 0 Å². The molecule has 0 aromatic carbocycles. The Morgan fingerprint density at radius 2 is 1.28 bits per heavy atom. The van der Waals surface area contributed by atoms with Gasteiger partial charge in [-0.15, -0.1) is 0 Å². The highest BCUT2D eigenvalue weighted by molar-refractivity contribution is 5.75. The molecule has 0 aromatic heterocycles. The minimum Gasteiger partial charge on any atom is -0.479 e. The zero-order chi connectivity index (χ0) is 23.2. The molecule has 4 fully saturated rings. The second-order valence-corrected chi connectivity index (χ2v) is 9.95. The third-order valence-corrected chi connectivity index (χ3v) is 7.06. The fourth-order valence-electron chi connectivity index (χ4n) is 4.86. The number of rotatable bonds is 10. The average Bonchev–Trinajstić information content (AvgIpc) is 3.74. The topological polar surface area (TPSA) is 94.6 Å². The molecule has 32 heavy (non-hydrogen) atoms. The molecule has 6 heteroatoms. The van der Waals surface area contributed by atoms with Crippen LogP contribution in [-0.2, 0) is 14.3 Å². The van der Waals surface area contributed by atoms with Crippen molar-refractivity contribution in [2.75, 3.05) is 6.61 Å². The molecule has 0 radical (unpaired) electrons. The van der Waals surface area contributed by atoms with Crippen molar-refractivity contribution in [2.45, 2.75) is 153 Å². The van der Waals surface area contributed by atoms with Crippen LogP contribution in [0.25, 0.3) is 0 Å². The van der Waals surface area contributed by atoms with E-state index in [1.165, 1.54) is 77.0 Å². The lowest BCUT2D eigenvalue weighted by Gasteiger charge is -2.30. The standard InChI is InChI=1S/C12H23N.C7H12O3.C7H14O2/c1-3-7-11(8-4-1)13-12-9-5-2-6-10-12;1-2-3-4-5-6(10-5)7(8)9;1-2-3-4-6-7(5-8)9-6/h11-13H,1-10H2;5-6H,2-4H2,1H3,(H,8,9);6-8H,2-5H2,1H3/t;5-,6-;6-,7-/m.11/s1. The van der Waals surface area contributed by atoms with Gasteiger partial charge in [0.25, 0.3) is 0 Å². The number of carboxylic acids is 1. The van der Waals surface area contributed by atoms with Crippen molar-refractivity contribution in [2.24, 2.45) is 0 Å². The molecule has 2 saturated heterocycles. The highest BCUT2D eigenvalue weighted by Gasteiger charge is 2.44. The van der Waals surface area contributed by atoms with Crippen LogP contribution in [0.15, 0.2) is 0 Å². The van der Waals surface area contributed by atoms with Crippen LogP contribution in [0.1, 0.15) is 117 Å². The summed E-state index contributed by atoms with van der Waals surface area (Å²) in [5.41, 5.74) is 0. The Bertz CT molecular complexity index is 475. The molecule has 0 amide bonds. The first kappa shape index (κ1) is 27.6. The number of aliphatic hydroxyl groups is 1. The van der Waals surface area contributed by atoms with Crippen molar-refractivity contribution < 1.29 is 24.5 Å². The molecule has 2 heterocycles. The quantitative estimate of drug-likeness (QED) is 0.392. The molecule has 2 aliphatic heterocycles. The first-order valence-electron chi connectivity index (χ1n) is 13.5. The molecule has 0 bridgehead atoms. The van der Waals surface area contributed by atoms with E-state index in [-0.39, 0.29) is 18.8 Å². The van der Waals surface area contributed by atoms with Crippen LogP contribution >= 0.6 is 0 Å². The van der Waals surface area contributed by atoms with Gasteiger partial charge in [-0.05, 0) is 38.5 Å². The first-order chi connectivity index (χ1) is 15.6. The lowest BCUT2D eigenvalue weighted by Crippen LogP contribution is -2.40. The van der Waals surface area contributed by atoms with Crippen molar-refractivity contribution >= 4 is 5.97 Å². The van der Waals surface area contributed by atoms with Gasteiger partial charge in [0.2, 0.25) is 0 Å². The Morgan fingerprint density at radius 3 is 1.66 bits per heavy atom.